The van der Waals surface area contributed by atoms with Crippen LogP contribution < -0.4 is 10.3 Å². The SMILES string of the molecule is CCC(F)(F)c1cccc(NC(=O)C2C(=O)N(c3ccc(C(F)(F)F)c(-c4ncccc4C)c3)N=C2C)c1. The third kappa shape index (κ3) is 5.13. The van der Waals surface area contributed by atoms with Gasteiger partial charge in [-0.15, -0.1) is 0 Å². The Balaban J connectivity index is 1.64. The normalized spacial score (nSPS) is 16.0. The highest BCUT2D eigenvalue weighted by Gasteiger charge is 2.41. The van der Waals surface area contributed by atoms with Gasteiger partial charge >= 0.3 is 6.18 Å². The summed E-state index contributed by atoms with van der Waals surface area (Å²) >= 11 is 0. The summed E-state index contributed by atoms with van der Waals surface area (Å²) < 4.78 is 69.5. The van der Waals surface area contributed by atoms with Crippen LogP contribution in [0.3, 0.4) is 0 Å². The zero-order valence-corrected chi connectivity index (χ0v) is 20.6. The van der Waals surface area contributed by atoms with Crippen LogP contribution in [0.25, 0.3) is 11.3 Å². The number of aromatic nitrogens is 1. The van der Waals surface area contributed by atoms with Crippen molar-refractivity contribution in [1.82, 2.24) is 4.98 Å². The van der Waals surface area contributed by atoms with Crippen molar-refractivity contribution in [3.8, 4) is 11.3 Å². The number of hydrogen-bond donors (Lipinski definition) is 1. The van der Waals surface area contributed by atoms with Gasteiger partial charge in [0.25, 0.3) is 11.8 Å². The molecule has 1 aliphatic rings. The van der Waals surface area contributed by atoms with E-state index in [1.54, 1.807) is 19.1 Å². The second-order valence-electron chi connectivity index (χ2n) is 8.85. The predicted molar refractivity (Wildman–Crippen MR) is 133 cm³/mol. The second-order valence-corrected chi connectivity index (χ2v) is 8.85. The zero-order valence-electron chi connectivity index (χ0n) is 20.6. The van der Waals surface area contributed by atoms with E-state index in [0.717, 1.165) is 29.3 Å². The number of aryl methyl sites for hydroxylation is 1. The van der Waals surface area contributed by atoms with E-state index in [1.165, 1.54) is 38.2 Å². The van der Waals surface area contributed by atoms with Crippen LogP contribution in [0, 0.1) is 12.8 Å². The first-order valence-corrected chi connectivity index (χ1v) is 11.6. The van der Waals surface area contributed by atoms with Crippen LogP contribution in [0.4, 0.5) is 33.3 Å². The molecule has 198 valence electrons. The number of halogens is 5. The Morgan fingerprint density at radius 2 is 1.76 bits per heavy atom. The Hall–Kier alpha value is -4.15. The van der Waals surface area contributed by atoms with E-state index < -0.39 is 41.8 Å². The number of anilines is 2. The largest absolute Gasteiger partial charge is 0.417 e. The second kappa shape index (κ2) is 9.96. The molecule has 38 heavy (non-hydrogen) atoms. The fourth-order valence-electron chi connectivity index (χ4n) is 4.17. The maximum Gasteiger partial charge on any atom is 0.417 e. The monoisotopic (exact) mass is 530 g/mol. The van der Waals surface area contributed by atoms with Crippen molar-refractivity contribution in [2.45, 2.75) is 39.3 Å². The molecule has 3 aromatic rings. The zero-order chi connectivity index (χ0) is 27.8. The molecule has 1 atom stereocenters. The molecule has 1 aromatic heterocycles. The number of rotatable bonds is 6. The number of nitrogens with one attached hydrogen (secondary N) is 1. The molecule has 0 aliphatic carbocycles. The number of benzene rings is 2. The van der Waals surface area contributed by atoms with Gasteiger partial charge in [0.05, 0.1) is 22.7 Å². The van der Waals surface area contributed by atoms with Gasteiger partial charge in [-0.05, 0) is 55.8 Å². The van der Waals surface area contributed by atoms with Crippen LogP contribution in [-0.4, -0.2) is 22.5 Å². The minimum absolute atomic E-state index is 0.0160. The lowest BCUT2D eigenvalue weighted by Crippen LogP contribution is -2.36. The van der Waals surface area contributed by atoms with Gasteiger partial charge in [-0.3, -0.25) is 14.6 Å². The number of hydrazone groups is 1. The van der Waals surface area contributed by atoms with E-state index in [2.05, 4.69) is 15.4 Å². The van der Waals surface area contributed by atoms with Gasteiger partial charge in [0, 0.05) is 29.4 Å². The maximum absolute atomic E-state index is 14.1. The molecule has 0 radical (unpaired) electrons. The third-order valence-corrected chi connectivity index (χ3v) is 6.21. The Bertz CT molecular complexity index is 1430. The first-order valence-electron chi connectivity index (χ1n) is 11.6. The first-order chi connectivity index (χ1) is 17.8. The Kier molecular flexibility index (Phi) is 7.05. The van der Waals surface area contributed by atoms with Crippen molar-refractivity contribution in [1.29, 1.82) is 0 Å². The fourth-order valence-corrected chi connectivity index (χ4v) is 4.17. The van der Waals surface area contributed by atoms with Gasteiger partial charge in [-0.2, -0.15) is 23.3 Å². The van der Waals surface area contributed by atoms with E-state index in [4.69, 9.17) is 0 Å². The highest BCUT2D eigenvalue weighted by molar-refractivity contribution is 6.28. The molecule has 0 saturated carbocycles. The molecule has 11 heteroatoms. The van der Waals surface area contributed by atoms with Crippen molar-refractivity contribution >= 4 is 28.9 Å². The lowest BCUT2D eigenvalue weighted by atomic mass is 9.99. The van der Waals surface area contributed by atoms with E-state index in [1.807, 2.05) is 0 Å². The molecule has 0 fully saturated rings. The average molecular weight is 530 g/mol. The van der Waals surface area contributed by atoms with Crippen molar-refractivity contribution in [2.24, 2.45) is 11.0 Å². The molecular weight excluding hydrogens is 507 g/mol. The minimum atomic E-state index is -4.68. The van der Waals surface area contributed by atoms with Crippen molar-refractivity contribution in [3.05, 3.63) is 77.5 Å². The van der Waals surface area contributed by atoms with Gasteiger partial charge in [-0.1, -0.05) is 25.1 Å². The molecule has 6 nitrogen and oxygen atoms in total. The fraction of sp³-hybridized carbons (Fsp3) is 0.259. The van der Waals surface area contributed by atoms with Crippen LogP contribution in [0.15, 0.2) is 65.9 Å². The van der Waals surface area contributed by atoms with Crippen molar-refractivity contribution in [3.63, 3.8) is 0 Å². The molecule has 1 aliphatic heterocycles. The van der Waals surface area contributed by atoms with Crippen LogP contribution in [0.1, 0.15) is 37.0 Å². The molecular formula is C27H23F5N4O2. The van der Waals surface area contributed by atoms with Crippen molar-refractivity contribution in [2.75, 3.05) is 10.3 Å². The Morgan fingerprint density at radius 1 is 1.03 bits per heavy atom. The number of pyridine rings is 1. The molecule has 2 amide bonds. The quantitative estimate of drug-likeness (QED) is 0.290. The number of carbonyl (C=O) groups is 2. The predicted octanol–water partition coefficient (Wildman–Crippen LogP) is 6.56. The number of alkyl halides is 5. The highest BCUT2D eigenvalue weighted by atomic mass is 19.4. The summed E-state index contributed by atoms with van der Waals surface area (Å²) in [5.74, 6) is -6.08. The third-order valence-electron chi connectivity index (χ3n) is 6.21. The van der Waals surface area contributed by atoms with Crippen LogP contribution in [0.5, 0.6) is 0 Å². The summed E-state index contributed by atoms with van der Waals surface area (Å²) in [7, 11) is 0. The van der Waals surface area contributed by atoms with Crippen LogP contribution in [0.2, 0.25) is 0 Å². The maximum atomic E-state index is 14.1. The molecule has 2 aromatic carbocycles. The summed E-state index contributed by atoms with van der Waals surface area (Å²) in [6, 6.07) is 11.4. The number of hydrogen-bond acceptors (Lipinski definition) is 4. The average Bonchev–Trinajstić information content (AvgIpc) is 3.17. The van der Waals surface area contributed by atoms with E-state index in [9.17, 15) is 31.5 Å². The molecule has 1 N–H and O–H groups in total. The summed E-state index contributed by atoms with van der Waals surface area (Å²) in [5.41, 5.74) is -0.696. The molecule has 1 unspecified atom stereocenters. The van der Waals surface area contributed by atoms with Gasteiger partial charge in [0.1, 0.15) is 0 Å². The smallest absolute Gasteiger partial charge is 0.325 e. The summed E-state index contributed by atoms with van der Waals surface area (Å²) in [4.78, 5) is 30.3. The number of nitrogens with zero attached hydrogens (tertiary/aromatic N) is 3. The standard InChI is InChI=1S/C27H23F5N4O2/c1-4-26(28,29)17-8-5-9-18(13-17)34-24(37)22-16(3)35-36(25(22)38)19-10-11-21(27(30,31)32)20(14-19)23-15(2)7-6-12-33-23/h5-14,22H,4H2,1-3H3,(H,34,37). The molecule has 2 heterocycles. The molecule has 4 rings (SSSR count). The Morgan fingerprint density at radius 3 is 2.42 bits per heavy atom. The van der Waals surface area contributed by atoms with E-state index in [-0.39, 0.29) is 33.9 Å². The Labute approximate surface area is 215 Å². The van der Waals surface area contributed by atoms with E-state index >= 15 is 0 Å². The summed E-state index contributed by atoms with van der Waals surface area (Å²) in [6.45, 7) is 4.38. The van der Waals surface area contributed by atoms with E-state index in [0.29, 0.717) is 5.56 Å². The lowest BCUT2D eigenvalue weighted by molar-refractivity contribution is -0.137. The lowest BCUT2D eigenvalue weighted by Gasteiger charge is -2.19. The summed E-state index contributed by atoms with van der Waals surface area (Å²) in [5, 5.41) is 7.45. The molecule has 0 saturated heterocycles. The van der Waals surface area contributed by atoms with Gasteiger partial charge in [0.15, 0.2) is 5.92 Å². The number of carbonyl (C=O) groups excluding carboxylic acids is 2. The van der Waals surface area contributed by atoms with Crippen LogP contribution in [-0.2, 0) is 21.7 Å². The topological polar surface area (TPSA) is 74.7 Å². The van der Waals surface area contributed by atoms with Gasteiger partial charge < -0.3 is 5.32 Å². The van der Waals surface area contributed by atoms with Gasteiger partial charge in [0.2, 0.25) is 5.91 Å². The van der Waals surface area contributed by atoms with Gasteiger partial charge in [-0.25, -0.2) is 8.78 Å². The first kappa shape index (κ1) is 26.9. The highest BCUT2D eigenvalue weighted by Crippen LogP contribution is 2.40. The molecule has 0 bridgehead atoms. The summed E-state index contributed by atoms with van der Waals surface area (Å²) in [6.07, 6.45) is -3.75. The minimum Gasteiger partial charge on any atom is -0.325 e. The van der Waals surface area contributed by atoms with Crippen molar-refractivity contribution < 1.29 is 31.5 Å². The van der Waals surface area contributed by atoms with Crippen LogP contribution >= 0.6 is 0 Å². The molecule has 0 spiro atoms. The number of amides is 2.